The minimum absolute atomic E-state index is 0.146. The molecule has 138 valence electrons. The van der Waals surface area contributed by atoms with Crippen molar-refractivity contribution < 1.29 is 18.8 Å². The average Bonchev–Trinajstić information content (AvgIpc) is 3.14. The Morgan fingerprint density at radius 2 is 1.77 bits per heavy atom. The molecule has 0 spiro atoms. The van der Waals surface area contributed by atoms with Gasteiger partial charge in [-0.2, -0.15) is 0 Å². The predicted molar refractivity (Wildman–Crippen MR) is 96.5 cm³/mol. The smallest absolute Gasteiger partial charge is 0.398 e. The van der Waals surface area contributed by atoms with Crippen LogP contribution in [0.2, 0.25) is 0 Å². The van der Waals surface area contributed by atoms with E-state index in [1.54, 1.807) is 6.20 Å². The van der Waals surface area contributed by atoms with Gasteiger partial charge in [0.25, 0.3) is 0 Å². The number of hydrogen-bond acceptors (Lipinski definition) is 5. The summed E-state index contributed by atoms with van der Waals surface area (Å²) in [6, 6.07) is 9.20. The molecule has 6 nitrogen and oxygen atoms in total. The number of benzene rings is 1. The van der Waals surface area contributed by atoms with Gasteiger partial charge in [0.1, 0.15) is 11.4 Å². The van der Waals surface area contributed by atoms with Crippen molar-refractivity contribution in [2.75, 3.05) is 0 Å². The second kappa shape index (κ2) is 6.94. The molecule has 1 aliphatic heterocycles. The second-order valence-corrected chi connectivity index (χ2v) is 7.35. The molecule has 1 saturated heterocycles. The fraction of sp³-hybridized carbons (Fsp3) is 0.444. The highest BCUT2D eigenvalue weighted by molar-refractivity contribution is 6.55. The van der Waals surface area contributed by atoms with E-state index in [9.17, 15) is 0 Å². The lowest BCUT2D eigenvalue weighted by atomic mass is 9.82. The second-order valence-electron chi connectivity index (χ2n) is 7.35. The van der Waals surface area contributed by atoms with Gasteiger partial charge in [0.2, 0.25) is 0 Å². The molecule has 1 aromatic carbocycles. The summed E-state index contributed by atoms with van der Waals surface area (Å²) >= 11 is 0. The molecule has 0 bridgehead atoms. The lowest BCUT2D eigenvalue weighted by molar-refractivity contribution is 0.00578. The third kappa shape index (κ3) is 3.58. The Bertz CT molecular complexity index is 789. The van der Waals surface area contributed by atoms with Crippen molar-refractivity contribution in [1.29, 1.82) is 0 Å². The molecule has 1 fully saturated rings. The van der Waals surface area contributed by atoms with Crippen molar-refractivity contribution in [3.05, 3.63) is 53.5 Å². The summed E-state index contributed by atoms with van der Waals surface area (Å²) < 4.78 is 28.6. The Balaban J connectivity index is 1.98. The van der Waals surface area contributed by atoms with Crippen LogP contribution in [0.1, 0.15) is 39.0 Å². The molecule has 1 aliphatic rings. The first-order chi connectivity index (χ1) is 12.2. The summed E-state index contributed by atoms with van der Waals surface area (Å²) in [5, 5.41) is 16.9. The number of rotatable bonds is 5. The molecular formula is C18H23BFN3O3. The highest BCUT2D eigenvalue weighted by Gasteiger charge is 2.53. The zero-order valence-electron chi connectivity index (χ0n) is 15.4. The maximum absolute atomic E-state index is 15.4. The highest BCUT2D eigenvalue weighted by Crippen LogP contribution is 2.40. The molecule has 2 heterocycles. The van der Waals surface area contributed by atoms with E-state index in [0.29, 0.717) is 16.8 Å². The molecule has 0 amide bonds. The lowest BCUT2D eigenvalue weighted by Crippen LogP contribution is -2.41. The summed E-state index contributed by atoms with van der Waals surface area (Å²) in [5.74, 6) is 0. The van der Waals surface area contributed by atoms with E-state index in [1.165, 1.54) is 4.68 Å². The molecule has 0 saturated carbocycles. The normalized spacial score (nSPS) is 19.5. The summed E-state index contributed by atoms with van der Waals surface area (Å²) in [6.07, 6.45) is 1.58. The van der Waals surface area contributed by atoms with E-state index in [1.807, 2.05) is 58.0 Å². The van der Waals surface area contributed by atoms with E-state index in [2.05, 4.69) is 10.3 Å². The van der Waals surface area contributed by atoms with E-state index < -0.39 is 24.0 Å². The summed E-state index contributed by atoms with van der Waals surface area (Å²) in [4.78, 5) is 0. The van der Waals surface area contributed by atoms with Crippen LogP contribution in [0.15, 0.2) is 42.3 Å². The Morgan fingerprint density at radius 3 is 2.31 bits per heavy atom. The molecule has 1 N–H and O–H groups in total. The van der Waals surface area contributed by atoms with Gasteiger partial charge in [-0.05, 0) is 33.3 Å². The number of hydrogen-bond donors (Lipinski definition) is 1. The van der Waals surface area contributed by atoms with Crippen LogP contribution in [0.4, 0.5) is 4.39 Å². The van der Waals surface area contributed by atoms with Crippen molar-refractivity contribution in [3.8, 4) is 0 Å². The number of nitrogens with zero attached hydrogens (tertiary/aromatic N) is 3. The molecular weight excluding hydrogens is 336 g/mol. The number of aromatic nitrogens is 3. The quantitative estimate of drug-likeness (QED) is 0.832. The van der Waals surface area contributed by atoms with Gasteiger partial charge in [0.05, 0.1) is 30.6 Å². The van der Waals surface area contributed by atoms with Crippen LogP contribution in [0.5, 0.6) is 0 Å². The maximum Gasteiger partial charge on any atom is 0.525 e. The van der Waals surface area contributed by atoms with Crippen molar-refractivity contribution in [2.24, 2.45) is 0 Å². The van der Waals surface area contributed by atoms with Crippen LogP contribution < -0.4 is 0 Å². The third-order valence-electron chi connectivity index (χ3n) is 4.94. The van der Waals surface area contributed by atoms with Crippen LogP contribution in [-0.4, -0.2) is 38.4 Å². The van der Waals surface area contributed by atoms with Gasteiger partial charge in [-0.25, -0.2) is 9.07 Å². The van der Waals surface area contributed by atoms with Crippen LogP contribution in [0.25, 0.3) is 5.57 Å². The largest absolute Gasteiger partial charge is 0.525 e. The van der Waals surface area contributed by atoms with Gasteiger partial charge >= 0.3 is 7.12 Å². The average molecular weight is 359 g/mol. The maximum atomic E-state index is 15.4. The third-order valence-corrected chi connectivity index (χ3v) is 4.94. The number of allylic oxidation sites excluding steroid dienone is 1. The van der Waals surface area contributed by atoms with Crippen LogP contribution in [-0.2, 0) is 22.5 Å². The molecule has 0 unspecified atom stereocenters. The monoisotopic (exact) mass is 359 g/mol. The standard InChI is InChI=1S/C18H23BFN3O3/c1-17(2)18(3,4)26-19(25-17)16(20)15(13-8-6-5-7-9-13)11-23-10-14(12-24)21-22-23/h5-10,24H,11-12H2,1-4H3. The van der Waals surface area contributed by atoms with Crippen molar-refractivity contribution in [2.45, 2.75) is 52.0 Å². The van der Waals surface area contributed by atoms with Gasteiger partial charge in [0, 0.05) is 5.57 Å². The fourth-order valence-electron chi connectivity index (χ4n) is 2.68. The van der Waals surface area contributed by atoms with Gasteiger partial charge in [-0.3, -0.25) is 0 Å². The van der Waals surface area contributed by atoms with E-state index in [4.69, 9.17) is 14.4 Å². The predicted octanol–water partition coefficient (Wildman–Crippen LogP) is 2.78. The van der Waals surface area contributed by atoms with Crippen LogP contribution in [0, 0.1) is 0 Å². The number of aliphatic hydroxyl groups excluding tert-OH is 1. The molecule has 3 rings (SSSR count). The Kier molecular flexibility index (Phi) is 5.01. The highest BCUT2D eigenvalue weighted by atomic mass is 19.1. The van der Waals surface area contributed by atoms with E-state index in [-0.39, 0.29) is 13.2 Å². The van der Waals surface area contributed by atoms with Crippen molar-refractivity contribution >= 4 is 12.7 Å². The Labute approximate surface area is 152 Å². The SMILES string of the molecule is CC1(C)OB(C(F)=C(Cn2cc(CO)nn2)c2ccccc2)OC1(C)C. The molecule has 26 heavy (non-hydrogen) atoms. The first kappa shape index (κ1) is 18.8. The number of aliphatic hydroxyl groups is 1. The molecule has 0 aliphatic carbocycles. The summed E-state index contributed by atoms with van der Waals surface area (Å²) in [7, 11) is -1.09. The number of halogens is 1. The topological polar surface area (TPSA) is 69.4 Å². The van der Waals surface area contributed by atoms with Gasteiger partial charge in [0.15, 0.2) is 0 Å². The van der Waals surface area contributed by atoms with E-state index in [0.717, 1.165) is 0 Å². The summed E-state index contributed by atoms with van der Waals surface area (Å²) in [5.41, 5.74) is -0.217. The van der Waals surface area contributed by atoms with Crippen molar-refractivity contribution in [1.82, 2.24) is 15.0 Å². The minimum atomic E-state index is -1.09. The Morgan fingerprint density at radius 1 is 1.15 bits per heavy atom. The van der Waals surface area contributed by atoms with Gasteiger partial charge in [-0.15, -0.1) is 5.10 Å². The molecule has 8 heteroatoms. The van der Waals surface area contributed by atoms with Crippen LogP contribution >= 0.6 is 0 Å². The zero-order valence-corrected chi connectivity index (χ0v) is 15.4. The first-order valence-electron chi connectivity index (χ1n) is 8.53. The molecule has 2 aromatic rings. The van der Waals surface area contributed by atoms with Gasteiger partial charge in [-0.1, -0.05) is 35.5 Å². The molecule has 0 atom stereocenters. The first-order valence-corrected chi connectivity index (χ1v) is 8.53. The lowest BCUT2D eigenvalue weighted by Gasteiger charge is -2.32. The minimum Gasteiger partial charge on any atom is -0.398 e. The zero-order chi connectivity index (χ0) is 18.9. The van der Waals surface area contributed by atoms with E-state index >= 15 is 4.39 Å². The van der Waals surface area contributed by atoms with Crippen molar-refractivity contribution in [3.63, 3.8) is 0 Å². The van der Waals surface area contributed by atoms with Gasteiger partial charge < -0.3 is 14.4 Å². The summed E-state index contributed by atoms with van der Waals surface area (Å²) in [6.45, 7) is 7.46. The fourth-order valence-corrected chi connectivity index (χ4v) is 2.68. The van der Waals surface area contributed by atoms with Crippen LogP contribution in [0.3, 0.4) is 0 Å². The molecule has 0 radical (unpaired) electrons. The Hall–Kier alpha value is -2.03. The molecule has 1 aromatic heterocycles.